The molecule has 0 bridgehead atoms. The summed E-state index contributed by atoms with van der Waals surface area (Å²) >= 11 is 5.94. The van der Waals surface area contributed by atoms with E-state index in [1.165, 1.54) is 42.6 Å². The molecule has 0 spiro atoms. The number of thiocarbonyl (C=S) groups is 1. The third kappa shape index (κ3) is 3.82. The average molecular weight is 477 g/mol. The number of hydrogen-bond acceptors (Lipinski definition) is 4. The number of rotatable bonds is 6. The third-order valence-electron chi connectivity index (χ3n) is 7.28. The molecule has 1 N–H and O–H groups in total. The topological polar surface area (TPSA) is 51.6 Å². The highest BCUT2D eigenvalue weighted by molar-refractivity contribution is 7.80. The molecule has 34 heavy (non-hydrogen) atoms. The highest BCUT2D eigenvalue weighted by Gasteiger charge is 2.43. The monoisotopic (exact) mass is 476 g/mol. The standard InChI is InChI=1S/C27H32N4O2S/c1-17-15-21(18(2)30(17)19-9-5-6-10-19)26-25(22-11-7-8-14-28-22)29-27(34)31(26)23-16-20(32-3)12-13-24(23)33-4/h7-8,11-16,19,25-26H,5-6,9-10H2,1-4H3,(H,29,34)/t25-,26+/m1/s1. The van der Waals surface area contributed by atoms with Crippen molar-refractivity contribution in [1.29, 1.82) is 0 Å². The Labute approximate surface area is 206 Å². The molecule has 2 aliphatic rings. The molecular formula is C27H32N4O2S. The third-order valence-corrected chi connectivity index (χ3v) is 7.59. The second-order valence-electron chi connectivity index (χ2n) is 9.17. The Balaban J connectivity index is 1.68. The van der Waals surface area contributed by atoms with Crippen LogP contribution in [0.5, 0.6) is 11.5 Å². The second-order valence-corrected chi connectivity index (χ2v) is 9.56. The van der Waals surface area contributed by atoms with Crippen LogP contribution in [-0.4, -0.2) is 28.9 Å². The first-order valence-electron chi connectivity index (χ1n) is 11.9. The summed E-state index contributed by atoms with van der Waals surface area (Å²) in [6.45, 7) is 4.47. The Morgan fingerprint density at radius 3 is 2.50 bits per heavy atom. The molecule has 1 saturated heterocycles. The normalized spacial score (nSPS) is 20.6. The first-order chi connectivity index (χ1) is 16.5. The SMILES string of the molecule is COc1ccc(OC)c(N2C(=S)N[C@H](c3ccccn3)[C@@H]2c2cc(C)n(C3CCCC3)c2C)c1. The van der Waals surface area contributed by atoms with E-state index in [2.05, 4.69) is 40.8 Å². The minimum atomic E-state index is -0.0952. The number of aryl methyl sites for hydroxylation is 1. The molecule has 2 atom stereocenters. The van der Waals surface area contributed by atoms with Crippen LogP contribution in [-0.2, 0) is 0 Å². The zero-order valence-corrected chi connectivity index (χ0v) is 21.1. The number of pyridine rings is 1. The number of anilines is 1. The number of benzene rings is 1. The number of ether oxygens (including phenoxy) is 2. The molecule has 0 radical (unpaired) electrons. The van der Waals surface area contributed by atoms with E-state index in [-0.39, 0.29) is 12.1 Å². The van der Waals surface area contributed by atoms with Gasteiger partial charge in [-0.25, -0.2) is 0 Å². The molecule has 178 valence electrons. The van der Waals surface area contributed by atoms with Gasteiger partial charge in [0.2, 0.25) is 0 Å². The van der Waals surface area contributed by atoms with Gasteiger partial charge >= 0.3 is 0 Å². The summed E-state index contributed by atoms with van der Waals surface area (Å²) in [6.07, 6.45) is 6.93. The summed E-state index contributed by atoms with van der Waals surface area (Å²) in [5.41, 5.74) is 5.71. The van der Waals surface area contributed by atoms with Crippen molar-refractivity contribution in [2.75, 3.05) is 19.1 Å². The summed E-state index contributed by atoms with van der Waals surface area (Å²) < 4.78 is 13.9. The molecule has 7 heteroatoms. The Kier molecular flexibility index (Phi) is 6.21. The van der Waals surface area contributed by atoms with Gasteiger partial charge in [-0.05, 0) is 74.8 Å². The van der Waals surface area contributed by atoms with Gasteiger partial charge in [0.1, 0.15) is 11.5 Å². The van der Waals surface area contributed by atoms with Gasteiger partial charge in [-0.15, -0.1) is 0 Å². The van der Waals surface area contributed by atoms with Gasteiger partial charge in [0, 0.05) is 29.7 Å². The molecule has 0 unspecified atom stereocenters. The molecule has 3 aromatic rings. The summed E-state index contributed by atoms with van der Waals surface area (Å²) in [5.74, 6) is 1.51. The van der Waals surface area contributed by atoms with Crippen LogP contribution in [0.25, 0.3) is 0 Å². The minimum Gasteiger partial charge on any atom is -0.497 e. The first kappa shape index (κ1) is 22.7. The molecule has 5 rings (SSSR count). The fourth-order valence-electron chi connectivity index (χ4n) is 5.74. The fraction of sp³-hybridized carbons (Fsp3) is 0.407. The van der Waals surface area contributed by atoms with Crippen LogP contribution in [0.2, 0.25) is 0 Å². The smallest absolute Gasteiger partial charge is 0.174 e. The van der Waals surface area contributed by atoms with Crippen molar-refractivity contribution in [2.45, 2.75) is 57.7 Å². The van der Waals surface area contributed by atoms with Crippen LogP contribution < -0.4 is 19.7 Å². The van der Waals surface area contributed by atoms with Crippen LogP contribution in [0, 0.1) is 13.8 Å². The number of nitrogens with one attached hydrogen (secondary N) is 1. The van der Waals surface area contributed by atoms with E-state index in [4.69, 9.17) is 26.7 Å². The molecule has 0 amide bonds. The first-order valence-corrected chi connectivity index (χ1v) is 12.3. The summed E-state index contributed by atoms with van der Waals surface area (Å²) in [7, 11) is 3.37. The van der Waals surface area contributed by atoms with Crippen molar-refractivity contribution in [3.05, 3.63) is 71.3 Å². The predicted octanol–water partition coefficient (Wildman–Crippen LogP) is 5.81. The quantitative estimate of drug-likeness (QED) is 0.453. The van der Waals surface area contributed by atoms with Crippen molar-refractivity contribution in [3.8, 4) is 11.5 Å². The summed E-state index contributed by atoms with van der Waals surface area (Å²) in [6, 6.07) is 14.6. The van der Waals surface area contributed by atoms with E-state index >= 15 is 0 Å². The molecule has 2 aromatic heterocycles. The van der Waals surface area contributed by atoms with Crippen LogP contribution in [0.15, 0.2) is 48.7 Å². The van der Waals surface area contributed by atoms with E-state index in [0.717, 1.165) is 22.9 Å². The maximum absolute atomic E-state index is 5.94. The fourth-order valence-corrected chi connectivity index (χ4v) is 6.08. The van der Waals surface area contributed by atoms with Gasteiger partial charge in [0.05, 0.1) is 37.7 Å². The van der Waals surface area contributed by atoms with Crippen LogP contribution in [0.3, 0.4) is 0 Å². The Hall–Kier alpha value is -3.06. The van der Waals surface area contributed by atoms with Gasteiger partial charge in [0.25, 0.3) is 0 Å². The van der Waals surface area contributed by atoms with Gasteiger partial charge in [-0.2, -0.15) is 0 Å². The van der Waals surface area contributed by atoms with Crippen molar-refractivity contribution in [2.24, 2.45) is 0 Å². The lowest BCUT2D eigenvalue weighted by Crippen LogP contribution is -2.30. The molecular weight excluding hydrogens is 444 g/mol. The number of nitrogens with zero attached hydrogens (tertiary/aromatic N) is 3. The van der Waals surface area contributed by atoms with E-state index in [0.29, 0.717) is 11.2 Å². The maximum atomic E-state index is 5.94. The van der Waals surface area contributed by atoms with E-state index in [1.54, 1.807) is 14.2 Å². The largest absolute Gasteiger partial charge is 0.497 e. The minimum absolute atomic E-state index is 0.0789. The predicted molar refractivity (Wildman–Crippen MR) is 139 cm³/mol. The van der Waals surface area contributed by atoms with Crippen molar-refractivity contribution in [1.82, 2.24) is 14.9 Å². The molecule has 1 aromatic carbocycles. The van der Waals surface area contributed by atoms with E-state index in [9.17, 15) is 0 Å². The van der Waals surface area contributed by atoms with Crippen LogP contribution in [0.1, 0.15) is 66.5 Å². The lowest BCUT2D eigenvalue weighted by Gasteiger charge is -2.29. The van der Waals surface area contributed by atoms with Crippen molar-refractivity contribution < 1.29 is 9.47 Å². The summed E-state index contributed by atoms with van der Waals surface area (Å²) in [5, 5.41) is 4.22. The maximum Gasteiger partial charge on any atom is 0.174 e. The van der Waals surface area contributed by atoms with Crippen molar-refractivity contribution in [3.63, 3.8) is 0 Å². The zero-order chi connectivity index (χ0) is 23.8. The van der Waals surface area contributed by atoms with E-state index < -0.39 is 0 Å². The number of aromatic nitrogens is 2. The molecule has 3 heterocycles. The molecule has 1 aliphatic carbocycles. The van der Waals surface area contributed by atoms with Gasteiger partial charge < -0.3 is 24.3 Å². The van der Waals surface area contributed by atoms with Crippen molar-refractivity contribution >= 4 is 23.0 Å². The molecule has 2 fully saturated rings. The van der Waals surface area contributed by atoms with Gasteiger partial charge in [-0.3, -0.25) is 4.98 Å². The summed E-state index contributed by atoms with van der Waals surface area (Å²) in [4.78, 5) is 6.88. The van der Waals surface area contributed by atoms with Crippen LogP contribution in [0.4, 0.5) is 5.69 Å². The zero-order valence-electron chi connectivity index (χ0n) is 20.2. The highest BCUT2D eigenvalue weighted by Crippen LogP contribution is 2.47. The lowest BCUT2D eigenvalue weighted by atomic mass is 9.96. The molecule has 1 saturated carbocycles. The molecule has 6 nitrogen and oxygen atoms in total. The Morgan fingerprint density at radius 2 is 1.82 bits per heavy atom. The van der Waals surface area contributed by atoms with Gasteiger partial charge in [0.15, 0.2) is 5.11 Å². The van der Waals surface area contributed by atoms with Gasteiger partial charge in [-0.1, -0.05) is 18.9 Å². The van der Waals surface area contributed by atoms with E-state index in [1.807, 2.05) is 36.5 Å². The average Bonchev–Trinajstić information content (AvgIpc) is 3.57. The highest BCUT2D eigenvalue weighted by atomic mass is 32.1. The lowest BCUT2D eigenvalue weighted by molar-refractivity contribution is 0.402. The number of hydrogen-bond donors (Lipinski definition) is 1. The Bertz CT molecular complexity index is 1190. The van der Waals surface area contributed by atoms with Crippen LogP contribution >= 0.6 is 12.2 Å². The second kappa shape index (κ2) is 9.29. The Morgan fingerprint density at radius 1 is 1.03 bits per heavy atom. The number of methoxy groups -OCH3 is 2. The molecule has 1 aliphatic heterocycles.